The number of anilines is 1. The molecule has 0 saturated heterocycles. The van der Waals surface area contributed by atoms with Crippen LogP contribution in [0.25, 0.3) is 5.69 Å². The Hall–Kier alpha value is -3.48. The summed E-state index contributed by atoms with van der Waals surface area (Å²) in [6.07, 6.45) is 0. The first-order chi connectivity index (χ1) is 14.2. The van der Waals surface area contributed by atoms with E-state index in [-0.39, 0.29) is 24.2 Å². The van der Waals surface area contributed by atoms with E-state index in [4.69, 9.17) is 0 Å². The van der Waals surface area contributed by atoms with E-state index in [9.17, 15) is 14.0 Å². The van der Waals surface area contributed by atoms with E-state index in [1.54, 1.807) is 37.7 Å². The van der Waals surface area contributed by atoms with Crippen molar-refractivity contribution in [1.29, 1.82) is 0 Å². The second-order valence-corrected chi connectivity index (χ2v) is 7.41. The quantitative estimate of drug-likeness (QED) is 0.695. The van der Waals surface area contributed by atoms with Crippen molar-refractivity contribution in [2.75, 3.05) is 18.9 Å². The van der Waals surface area contributed by atoms with Crippen molar-refractivity contribution in [2.45, 2.75) is 27.7 Å². The summed E-state index contributed by atoms with van der Waals surface area (Å²) in [5, 5.41) is 7.32. The number of nitrogens with one attached hydrogen (secondary N) is 1. The van der Waals surface area contributed by atoms with Gasteiger partial charge in [-0.15, -0.1) is 0 Å². The lowest BCUT2D eigenvalue weighted by Crippen LogP contribution is -2.35. The zero-order chi connectivity index (χ0) is 22.0. The van der Waals surface area contributed by atoms with Crippen LogP contribution in [0, 0.1) is 33.5 Å². The number of para-hydroxylation sites is 1. The summed E-state index contributed by atoms with van der Waals surface area (Å²) < 4.78 is 14.8. The molecule has 0 radical (unpaired) electrons. The Kier molecular flexibility index (Phi) is 6.01. The summed E-state index contributed by atoms with van der Waals surface area (Å²) in [6.45, 7) is 7.28. The maximum atomic E-state index is 13.2. The number of likely N-dealkylation sites (N-methyl/N-ethyl adjacent to an activating group) is 1. The molecule has 0 unspecified atom stereocenters. The zero-order valence-electron chi connectivity index (χ0n) is 17.8. The summed E-state index contributed by atoms with van der Waals surface area (Å²) in [5.41, 5.74) is 4.96. The fourth-order valence-corrected chi connectivity index (χ4v) is 3.45. The van der Waals surface area contributed by atoms with Crippen LogP contribution in [0.1, 0.15) is 32.9 Å². The maximum Gasteiger partial charge on any atom is 0.257 e. The molecule has 0 spiro atoms. The van der Waals surface area contributed by atoms with Gasteiger partial charge in [-0.1, -0.05) is 18.2 Å². The maximum absolute atomic E-state index is 13.2. The van der Waals surface area contributed by atoms with Crippen LogP contribution in [-0.4, -0.2) is 40.1 Å². The van der Waals surface area contributed by atoms with Crippen LogP contribution in [0.5, 0.6) is 0 Å². The standard InChI is InChI=1S/C23H25FN4O2/c1-14-7-6-8-15(2)22(14)25-20(29)13-27(5)23(30)21-16(3)26-28(17(21)4)19-11-9-18(24)10-12-19/h6-12H,13H2,1-5H3,(H,25,29). The fraction of sp³-hybridized carbons (Fsp3) is 0.261. The van der Waals surface area contributed by atoms with Crippen molar-refractivity contribution in [3.63, 3.8) is 0 Å². The number of aromatic nitrogens is 2. The lowest BCUT2D eigenvalue weighted by molar-refractivity contribution is -0.116. The highest BCUT2D eigenvalue weighted by molar-refractivity contribution is 6.01. The second kappa shape index (κ2) is 8.49. The molecule has 1 heterocycles. The van der Waals surface area contributed by atoms with Gasteiger partial charge in [-0.2, -0.15) is 5.10 Å². The van der Waals surface area contributed by atoms with Crippen LogP contribution < -0.4 is 5.32 Å². The van der Waals surface area contributed by atoms with Crippen molar-refractivity contribution in [3.8, 4) is 5.69 Å². The Morgan fingerprint density at radius 1 is 1.03 bits per heavy atom. The number of halogens is 1. The summed E-state index contributed by atoms with van der Waals surface area (Å²) >= 11 is 0. The summed E-state index contributed by atoms with van der Waals surface area (Å²) in [7, 11) is 1.58. The molecule has 1 aromatic heterocycles. The van der Waals surface area contributed by atoms with Crippen LogP contribution in [0.4, 0.5) is 10.1 Å². The van der Waals surface area contributed by atoms with Crippen molar-refractivity contribution in [2.24, 2.45) is 0 Å². The summed E-state index contributed by atoms with van der Waals surface area (Å²) in [4.78, 5) is 26.9. The Morgan fingerprint density at radius 2 is 1.63 bits per heavy atom. The number of carbonyl (C=O) groups excluding carboxylic acids is 2. The summed E-state index contributed by atoms with van der Waals surface area (Å²) in [6, 6.07) is 11.7. The predicted octanol–water partition coefficient (Wildman–Crippen LogP) is 3.96. The number of rotatable bonds is 5. The zero-order valence-corrected chi connectivity index (χ0v) is 17.8. The Balaban J connectivity index is 1.78. The minimum Gasteiger partial charge on any atom is -0.332 e. The Morgan fingerprint density at radius 3 is 2.23 bits per heavy atom. The van der Waals surface area contributed by atoms with Gasteiger partial charge in [0.25, 0.3) is 5.91 Å². The molecule has 6 nitrogen and oxygen atoms in total. The van der Waals surface area contributed by atoms with Gasteiger partial charge >= 0.3 is 0 Å². The number of amides is 2. The SMILES string of the molecule is Cc1cccc(C)c1NC(=O)CN(C)C(=O)c1c(C)nn(-c2ccc(F)cc2)c1C. The topological polar surface area (TPSA) is 67.2 Å². The van der Waals surface area contributed by atoms with Gasteiger partial charge in [-0.25, -0.2) is 9.07 Å². The average molecular weight is 408 g/mol. The van der Waals surface area contributed by atoms with Crippen LogP contribution in [-0.2, 0) is 4.79 Å². The smallest absolute Gasteiger partial charge is 0.257 e. The molecule has 0 aliphatic rings. The fourth-order valence-electron chi connectivity index (χ4n) is 3.45. The van der Waals surface area contributed by atoms with Crippen molar-refractivity contribution in [1.82, 2.24) is 14.7 Å². The highest BCUT2D eigenvalue weighted by atomic mass is 19.1. The van der Waals surface area contributed by atoms with Gasteiger partial charge < -0.3 is 10.2 Å². The summed E-state index contributed by atoms with van der Waals surface area (Å²) in [5.74, 6) is -0.911. The third kappa shape index (κ3) is 4.25. The average Bonchev–Trinajstić information content (AvgIpc) is 2.99. The van der Waals surface area contributed by atoms with Gasteiger partial charge in [0.05, 0.1) is 29.2 Å². The molecule has 3 rings (SSSR count). The van der Waals surface area contributed by atoms with E-state index >= 15 is 0 Å². The van der Waals surface area contributed by atoms with E-state index in [0.29, 0.717) is 22.6 Å². The molecule has 1 N–H and O–H groups in total. The number of hydrogen-bond donors (Lipinski definition) is 1. The first-order valence-corrected chi connectivity index (χ1v) is 9.62. The van der Waals surface area contributed by atoms with E-state index in [2.05, 4.69) is 10.4 Å². The van der Waals surface area contributed by atoms with Crippen LogP contribution in [0.2, 0.25) is 0 Å². The molecule has 0 aliphatic heterocycles. The van der Waals surface area contributed by atoms with Crippen LogP contribution in [0.15, 0.2) is 42.5 Å². The van der Waals surface area contributed by atoms with E-state index in [1.165, 1.54) is 17.0 Å². The van der Waals surface area contributed by atoms with E-state index in [1.807, 2.05) is 32.0 Å². The van der Waals surface area contributed by atoms with Crippen molar-refractivity contribution < 1.29 is 14.0 Å². The number of carbonyl (C=O) groups is 2. The highest BCUT2D eigenvalue weighted by Crippen LogP contribution is 2.21. The van der Waals surface area contributed by atoms with Gasteiger partial charge in [-0.05, 0) is 63.1 Å². The second-order valence-electron chi connectivity index (χ2n) is 7.41. The number of aryl methyl sites for hydroxylation is 3. The van der Waals surface area contributed by atoms with Crippen molar-refractivity contribution >= 4 is 17.5 Å². The van der Waals surface area contributed by atoms with Gasteiger partial charge in [0.1, 0.15) is 5.82 Å². The molecule has 0 saturated carbocycles. The third-order valence-corrected chi connectivity index (χ3v) is 5.05. The first-order valence-electron chi connectivity index (χ1n) is 9.62. The molecule has 156 valence electrons. The number of nitrogens with zero attached hydrogens (tertiary/aromatic N) is 3. The lowest BCUT2D eigenvalue weighted by Gasteiger charge is -2.18. The molecule has 0 atom stereocenters. The number of hydrogen-bond acceptors (Lipinski definition) is 3. The van der Waals surface area contributed by atoms with Crippen LogP contribution >= 0.6 is 0 Å². The molecule has 0 bridgehead atoms. The molecule has 2 aromatic carbocycles. The molecular weight excluding hydrogens is 383 g/mol. The molecule has 7 heteroatoms. The minimum atomic E-state index is -0.341. The van der Waals surface area contributed by atoms with E-state index in [0.717, 1.165) is 16.8 Å². The van der Waals surface area contributed by atoms with Gasteiger partial charge in [0.2, 0.25) is 5.91 Å². The van der Waals surface area contributed by atoms with Crippen LogP contribution in [0.3, 0.4) is 0 Å². The Bertz CT molecular complexity index is 1080. The lowest BCUT2D eigenvalue weighted by atomic mass is 10.1. The Labute approximate surface area is 175 Å². The largest absolute Gasteiger partial charge is 0.332 e. The third-order valence-electron chi connectivity index (χ3n) is 5.05. The van der Waals surface area contributed by atoms with E-state index < -0.39 is 0 Å². The molecule has 3 aromatic rings. The van der Waals surface area contributed by atoms with Gasteiger partial charge in [0, 0.05) is 12.7 Å². The minimum absolute atomic E-state index is 0.0901. The molecular formula is C23H25FN4O2. The monoisotopic (exact) mass is 408 g/mol. The van der Waals surface area contributed by atoms with Crippen molar-refractivity contribution in [3.05, 3.63) is 76.4 Å². The molecule has 2 amide bonds. The normalized spacial score (nSPS) is 10.7. The highest BCUT2D eigenvalue weighted by Gasteiger charge is 2.24. The molecule has 0 fully saturated rings. The van der Waals surface area contributed by atoms with Gasteiger partial charge in [-0.3, -0.25) is 9.59 Å². The molecule has 30 heavy (non-hydrogen) atoms. The molecule has 0 aliphatic carbocycles. The van der Waals surface area contributed by atoms with Gasteiger partial charge in [0.15, 0.2) is 0 Å². The first kappa shape index (κ1) is 21.2. The number of benzene rings is 2. The predicted molar refractivity (Wildman–Crippen MR) is 115 cm³/mol.